The number of methoxy groups -OCH3 is 1. The van der Waals surface area contributed by atoms with E-state index in [1.54, 1.807) is 18.2 Å². The van der Waals surface area contributed by atoms with Gasteiger partial charge >= 0.3 is 0 Å². The largest absolute Gasteiger partial charge is 0.493 e. The number of carbonyl (C=O) groups is 1. The molecule has 0 aliphatic rings. The number of nitrogens with zero attached hydrogens (tertiary/aromatic N) is 2. The Hall–Kier alpha value is -3.77. The average Bonchev–Trinajstić information content (AvgIpc) is 2.63. The average molecular weight is 361 g/mol. The second-order valence-electron chi connectivity index (χ2n) is 5.86. The fourth-order valence-electron chi connectivity index (χ4n) is 2.56. The summed E-state index contributed by atoms with van der Waals surface area (Å²) in [4.78, 5) is 12.4. The van der Waals surface area contributed by atoms with Crippen LogP contribution in [0.2, 0.25) is 0 Å². The predicted molar refractivity (Wildman–Crippen MR) is 102 cm³/mol. The molecule has 1 amide bonds. The molecule has 0 saturated carbocycles. The van der Waals surface area contributed by atoms with Crippen molar-refractivity contribution in [3.05, 3.63) is 58.7 Å². The zero-order valence-corrected chi connectivity index (χ0v) is 15.4. The van der Waals surface area contributed by atoms with Crippen LogP contribution in [0.5, 0.6) is 11.5 Å². The Bertz CT molecular complexity index is 945. The Balaban J connectivity index is 2.25. The topological polar surface area (TPSA) is 95.1 Å². The van der Waals surface area contributed by atoms with Crippen LogP contribution >= 0.6 is 0 Å². The second-order valence-corrected chi connectivity index (χ2v) is 5.86. The number of hydrogen-bond acceptors (Lipinski definition) is 5. The van der Waals surface area contributed by atoms with Crippen LogP contribution in [0.3, 0.4) is 0 Å². The third kappa shape index (κ3) is 5.35. The summed E-state index contributed by atoms with van der Waals surface area (Å²) in [6.07, 6.45) is 1.47. The number of anilines is 1. The van der Waals surface area contributed by atoms with Gasteiger partial charge in [0.1, 0.15) is 17.7 Å². The summed E-state index contributed by atoms with van der Waals surface area (Å²) in [6.45, 7) is 3.77. The van der Waals surface area contributed by atoms with Crippen molar-refractivity contribution < 1.29 is 14.3 Å². The fraction of sp³-hybridized carbons (Fsp3) is 0.190. The highest BCUT2D eigenvalue weighted by Crippen LogP contribution is 2.29. The van der Waals surface area contributed by atoms with Crippen molar-refractivity contribution >= 4 is 17.7 Å². The Morgan fingerprint density at radius 3 is 2.41 bits per heavy atom. The first-order valence-electron chi connectivity index (χ1n) is 8.16. The van der Waals surface area contributed by atoms with Crippen LogP contribution in [0, 0.1) is 36.5 Å². The van der Waals surface area contributed by atoms with Crippen molar-refractivity contribution in [1.29, 1.82) is 10.5 Å². The van der Waals surface area contributed by atoms with Crippen molar-refractivity contribution in [2.24, 2.45) is 0 Å². The lowest BCUT2D eigenvalue weighted by atomic mass is 10.1. The number of benzene rings is 2. The number of carbonyl (C=O) groups excluding carboxylic acids is 1. The number of aryl methyl sites for hydroxylation is 2. The molecule has 0 heterocycles. The van der Waals surface area contributed by atoms with Gasteiger partial charge in [0.2, 0.25) is 0 Å². The first-order chi connectivity index (χ1) is 13.0. The standard InChI is InChI=1S/C21H19N3O3/c1-14-8-15(2)10-18(9-14)24-21(25)17(13-23)11-16-4-5-19(27-7-6-22)20(12-16)26-3/h4-5,8-12H,7H2,1-3H3,(H,24,25)/b17-11+. The summed E-state index contributed by atoms with van der Waals surface area (Å²) in [5.74, 6) is 0.326. The number of ether oxygens (including phenoxy) is 2. The van der Waals surface area contributed by atoms with Crippen molar-refractivity contribution in [2.75, 3.05) is 19.0 Å². The monoisotopic (exact) mass is 361 g/mol. The minimum atomic E-state index is -0.494. The highest BCUT2D eigenvalue weighted by Gasteiger charge is 2.11. The van der Waals surface area contributed by atoms with Gasteiger partial charge in [0.05, 0.1) is 7.11 Å². The van der Waals surface area contributed by atoms with Crippen LogP contribution in [0.25, 0.3) is 6.08 Å². The summed E-state index contributed by atoms with van der Waals surface area (Å²) in [6, 6.07) is 14.4. The molecule has 6 heteroatoms. The van der Waals surface area contributed by atoms with Gasteiger partial charge in [-0.25, -0.2) is 0 Å². The summed E-state index contributed by atoms with van der Waals surface area (Å²) in [5, 5.41) is 20.7. The summed E-state index contributed by atoms with van der Waals surface area (Å²) in [5.41, 5.74) is 3.23. The molecule has 2 aromatic rings. The quantitative estimate of drug-likeness (QED) is 0.624. The smallest absolute Gasteiger partial charge is 0.266 e. The van der Waals surface area contributed by atoms with E-state index in [1.807, 2.05) is 44.2 Å². The molecule has 0 saturated heterocycles. The van der Waals surface area contributed by atoms with Crippen LogP contribution in [0.4, 0.5) is 5.69 Å². The van der Waals surface area contributed by atoms with E-state index in [0.29, 0.717) is 22.7 Å². The molecule has 0 aromatic heterocycles. The van der Waals surface area contributed by atoms with E-state index < -0.39 is 5.91 Å². The maximum Gasteiger partial charge on any atom is 0.266 e. The zero-order valence-electron chi connectivity index (χ0n) is 15.4. The van der Waals surface area contributed by atoms with Gasteiger partial charge in [0.25, 0.3) is 5.91 Å². The molecule has 0 fully saturated rings. The van der Waals surface area contributed by atoms with E-state index in [2.05, 4.69) is 5.32 Å². The molecule has 6 nitrogen and oxygen atoms in total. The van der Waals surface area contributed by atoms with Gasteiger partial charge in [0.15, 0.2) is 18.1 Å². The Morgan fingerprint density at radius 2 is 1.81 bits per heavy atom. The molecule has 27 heavy (non-hydrogen) atoms. The van der Waals surface area contributed by atoms with E-state index in [1.165, 1.54) is 13.2 Å². The van der Waals surface area contributed by atoms with Crippen molar-refractivity contribution in [1.82, 2.24) is 0 Å². The second kappa shape index (κ2) is 9.07. The Labute approximate surface area is 158 Å². The third-order valence-corrected chi connectivity index (χ3v) is 3.64. The molecule has 0 radical (unpaired) electrons. The molecule has 0 aliphatic carbocycles. The molecule has 2 rings (SSSR count). The molecule has 0 unspecified atom stereocenters. The molecule has 0 aliphatic heterocycles. The maximum atomic E-state index is 12.4. The van der Waals surface area contributed by atoms with Gasteiger partial charge in [-0.2, -0.15) is 10.5 Å². The molecular weight excluding hydrogens is 342 g/mol. The molecule has 136 valence electrons. The molecule has 2 aromatic carbocycles. The van der Waals surface area contributed by atoms with E-state index in [9.17, 15) is 10.1 Å². The molecule has 0 bridgehead atoms. The van der Waals surface area contributed by atoms with Gasteiger partial charge in [-0.3, -0.25) is 4.79 Å². The lowest BCUT2D eigenvalue weighted by Crippen LogP contribution is -2.13. The number of nitrogens with one attached hydrogen (secondary N) is 1. The van der Waals surface area contributed by atoms with E-state index >= 15 is 0 Å². The highest BCUT2D eigenvalue weighted by atomic mass is 16.5. The van der Waals surface area contributed by atoms with Gasteiger partial charge in [-0.15, -0.1) is 0 Å². The normalized spacial score (nSPS) is 10.5. The lowest BCUT2D eigenvalue weighted by molar-refractivity contribution is -0.112. The number of nitriles is 2. The van der Waals surface area contributed by atoms with Gasteiger partial charge in [0, 0.05) is 5.69 Å². The lowest BCUT2D eigenvalue weighted by Gasteiger charge is -2.09. The van der Waals surface area contributed by atoms with Crippen LogP contribution in [0.15, 0.2) is 42.0 Å². The minimum absolute atomic E-state index is 0.0399. The van der Waals surface area contributed by atoms with Crippen LogP contribution in [-0.2, 0) is 4.79 Å². The first kappa shape index (κ1) is 19.6. The van der Waals surface area contributed by atoms with Crippen LogP contribution in [0.1, 0.15) is 16.7 Å². The first-order valence-corrected chi connectivity index (χ1v) is 8.16. The van der Waals surface area contributed by atoms with Crippen molar-refractivity contribution in [3.63, 3.8) is 0 Å². The van der Waals surface area contributed by atoms with E-state index in [-0.39, 0.29) is 12.2 Å². The summed E-state index contributed by atoms with van der Waals surface area (Å²) < 4.78 is 10.5. The van der Waals surface area contributed by atoms with Crippen molar-refractivity contribution in [2.45, 2.75) is 13.8 Å². The van der Waals surface area contributed by atoms with E-state index in [4.69, 9.17) is 14.7 Å². The van der Waals surface area contributed by atoms with Crippen LogP contribution < -0.4 is 14.8 Å². The Kier molecular flexibility index (Phi) is 6.57. The van der Waals surface area contributed by atoms with Crippen molar-refractivity contribution in [3.8, 4) is 23.6 Å². The number of hydrogen-bond donors (Lipinski definition) is 1. The molecule has 0 spiro atoms. The molecule has 0 atom stereocenters. The zero-order chi connectivity index (χ0) is 19.8. The molecule has 1 N–H and O–H groups in total. The summed E-state index contributed by atoms with van der Waals surface area (Å²) in [7, 11) is 1.47. The Morgan fingerprint density at radius 1 is 1.11 bits per heavy atom. The summed E-state index contributed by atoms with van der Waals surface area (Å²) >= 11 is 0. The third-order valence-electron chi connectivity index (χ3n) is 3.64. The fourth-order valence-corrected chi connectivity index (χ4v) is 2.56. The van der Waals surface area contributed by atoms with Gasteiger partial charge in [-0.05, 0) is 60.9 Å². The SMILES string of the molecule is COc1cc(/C=C(\C#N)C(=O)Nc2cc(C)cc(C)c2)ccc1OCC#N. The van der Waals surface area contributed by atoms with E-state index in [0.717, 1.165) is 11.1 Å². The highest BCUT2D eigenvalue weighted by molar-refractivity contribution is 6.09. The minimum Gasteiger partial charge on any atom is -0.493 e. The van der Waals surface area contributed by atoms with Gasteiger partial charge in [-0.1, -0.05) is 12.1 Å². The number of rotatable bonds is 6. The predicted octanol–water partition coefficient (Wildman–Crippen LogP) is 3.76. The van der Waals surface area contributed by atoms with Crippen LogP contribution in [-0.4, -0.2) is 19.6 Å². The maximum absolute atomic E-state index is 12.4. The molecular formula is C21H19N3O3. The number of amides is 1. The van der Waals surface area contributed by atoms with Gasteiger partial charge < -0.3 is 14.8 Å².